The molecule has 2 nitrogen and oxygen atoms in total. The molecule has 86 valence electrons. The molecule has 1 atom stereocenters. The summed E-state index contributed by atoms with van der Waals surface area (Å²) in [4.78, 5) is 0. The molecule has 14 heavy (non-hydrogen) atoms. The van der Waals surface area contributed by atoms with E-state index in [-0.39, 0.29) is 0 Å². The van der Waals surface area contributed by atoms with E-state index in [1.54, 1.807) is 0 Å². The molecule has 0 fully saturated rings. The number of hydrogen-bond acceptors (Lipinski definition) is 2. The average Bonchev–Trinajstić information content (AvgIpc) is 2.15. The molecule has 0 aromatic carbocycles. The zero-order valence-electron chi connectivity index (χ0n) is 10.1. The van der Waals surface area contributed by atoms with E-state index in [1.165, 1.54) is 25.7 Å². The quantitative estimate of drug-likeness (QED) is 0.562. The maximum Gasteiger partial charge on any atom is 0.0631 e. The van der Waals surface area contributed by atoms with Gasteiger partial charge in [0.1, 0.15) is 0 Å². The lowest BCUT2D eigenvalue weighted by atomic mass is 9.94. The first-order chi connectivity index (χ1) is 6.62. The summed E-state index contributed by atoms with van der Waals surface area (Å²) in [5, 5.41) is 13.0. The van der Waals surface area contributed by atoms with Crippen molar-refractivity contribution in [3.05, 3.63) is 0 Å². The monoisotopic (exact) mass is 201 g/mol. The van der Waals surface area contributed by atoms with Crippen LogP contribution in [-0.2, 0) is 0 Å². The van der Waals surface area contributed by atoms with Crippen LogP contribution in [0.3, 0.4) is 0 Å². The van der Waals surface area contributed by atoms with E-state index in [4.69, 9.17) is 0 Å². The lowest BCUT2D eigenvalue weighted by molar-refractivity contribution is 0.0400. The Bertz CT molecular complexity index is 123. The van der Waals surface area contributed by atoms with Crippen molar-refractivity contribution in [2.24, 2.45) is 0 Å². The van der Waals surface area contributed by atoms with E-state index >= 15 is 0 Å². The molecule has 2 heteroatoms. The maximum atomic E-state index is 9.96. The van der Waals surface area contributed by atoms with Gasteiger partial charge in [-0.2, -0.15) is 0 Å². The van der Waals surface area contributed by atoms with Gasteiger partial charge in [0, 0.05) is 0 Å². The van der Waals surface area contributed by atoms with E-state index in [2.05, 4.69) is 12.2 Å². The predicted molar refractivity (Wildman–Crippen MR) is 62.5 cm³/mol. The minimum absolute atomic E-state index is 0.463. The molecule has 0 aliphatic rings. The van der Waals surface area contributed by atoms with Crippen molar-refractivity contribution in [2.75, 3.05) is 13.6 Å². The van der Waals surface area contributed by atoms with Gasteiger partial charge in [-0.1, -0.05) is 39.0 Å². The van der Waals surface area contributed by atoms with Crippen molar-refractivity contribution in [3.8, 4) is 0 Å². The molecule has 0 aromatic rings. The van der Waals surface area contributed by atoms with E-state index in [0.29, 0.717) is 0 Å². The molecule has 0 saturated carbocycles. The topological polar surface area (TPSA) is 32.3 Å². The Kier molecular flexibility index (Phi) is 8.20. The summed E-state index contributed by atoms with van der Waals surface area (Å²) < 4.78 is 0. The number of rotatable bonds is 9. The van der Waals surface area contributed by atoms with Crippen molar-refractivity contribution in [3.63, 3.8) is 0 Å². The Morgan fingerprint density at radius 1 is 1.07 bits per heavy atom. The van der Waals surface area contributed by atoms with Gasteiger partial charge in [-0.05, 0) is 33.4 Å². The van der Waals surface area contributed by atoms with Gasteiger partial charge in [-0.15, -0.1) is 0 Å². The summed E-state index contributed by atoms with van der Waals surface area (Å²) in [6.45, 7) is 5.08. The van der Waals surface area contributed by atoms with Gasteiger partial charge in [0.2, 0.25) is 0 Å². The van der Waals surface area contributed by atoms with Crippen LogP contribution in [-0.4, -0.2) is 24.3 Å². The summed E-state index contributed by atoms with van der Waals surface area (Å²) >= 11 is 0. The fourth-order valence-corrected chi connectivity index (χ4v) is 1.63. The lowest BCUT2D eigenvalue weighted by Crippen LogP contribution is -2.28. The van der Waals surface area contributed by atoms with Gasteiger partial charge in [0.05, 0.1) is 5.60 Å². The van der Waals surface area contributed by atoms with Gasteiger partial charge in [-0.3, -0.25) is 0 Å². The smallest absolute Gasteiger partial charge is 0.0631 e. The van der Waals surface area contributed by atoms with Gasteiger partial charge in [-0.25, -0.2) is 0 Å². The highest BCUT2D eigenvalue weighted by molar-refractivity contribution is 4.72. The minimum Gasteiger partial charge on any atom is -0.390 e. The number of nitrogens with one attached hydrogen (secondary N) is 1. The van der Waals surface area contributed by atoms with E-state index < -0.39 is 5.60 Å². The van der Waals surface area contributed by atoms with Gasteiger partial charge < -0.3 is 10.4 Å². The second-order valence-electron chi connectivity index (χ2n) is 4.51. The van der Waals surface area contributed by atoms with Crippen molar-refractivity contribution < 1.29 is 5.11 Å². The van der Waals surface area contributed by atoms with Crippen LogP contribution in [0.25, 0.3) is 0 Å². The van der Waals surface area contributed by atoms with E-state index in [9.17, 15) is 5.11 Å². The van der Waals surface area contributed by atoms with Gasteiger partial charge >= 0.3 is 0 Å². The second-order valence-corrected chi connectivity index (χ2v) is 4.51. The first-order valence-corrected chi connectivity index (χ1v) is 5.99. The number of unbranched alkanes of at least 4 members (excludes halogenated alkanes) is 4. The molecule has 0 bridgehead atoms. The zero-order chi connectivity index (χ0) is 10.9. The Balaban J connectivity index is 3.35. The number of hydrogen-bond donors (Lipinski definition) is 2. The normalized spacial score (nSPS) is 15.4. The maximum absolute atomic E-state index is 9.96. The number of aliphatic hydroxyl groups is 1. The molecule has 1 unspecified atom stereocenters. The SMILES string of the molecule is CCCCCCCC(C)(O)CCNC. The first-order valence-electron chi connectivity index (χ1n) is 5.99. The van der Waals surface area contributed by atoms with Crippen LogP contribution in [0.2, 0.25) is 0 Å². The molecule has 0 rings (SSSR count). The molecule has 0 saturated heterocycles. The molecule has 2 N–H and O–H groups in total. The summed E-state index contributed by atoms with van der Waals surface area (Å²) in [7, 11) is 1.93. The Labute approximate surface area is 89.1 Å². The highest BCUT2D eigenvalue weighted by atomic mass is 16.3. The highest BCUT2D eigenvalue weighted by Gasteiger charge is 2.18. The highest BCUT2D eigenvalue weighted by Crippen LogP contribution is 2.18. The fraction of sp³-hybridized carbons (Fsp3) is 1.00. The van der Waals surface area contributed by atoms with E-state index in [1.807, 2.05) is 14.0 Å². The Morgan fingerprint density at radius 3 is 2.29 bits per heavy atom. The van der Waals surface area contributed by atoms with Crippen LogP contribution in [0.1, 0.15) is 58.8 Å². The van der Waals surface area contributed by atoms with Crippen molar-refractivity contribution in [2.45, 2.75) is 64.4 Å². The zero-order valence-corrected chi connectivity index (χ0v) is 10.1. The third kappa shape index (κ3) is 8.52. The van der Waals surface area contributed by atoms with Crippen molar-refractivity contribution >= 4 is 0 Å². The molecule has 0 spiro atoms. The van der Waals surface area contributed by atoms with Gasteiger partial charge in [0.15, 0.2) is 0 Å². The molecule has 0 aliphatic carbocycles. The summed E-state index contributed by atoms with van der Waals surface area (Å²) in [6, 6.07) is 0. The van der Waals surface area contributed by atoms with Crippen LogP contribution in [0.4, 0.5) is 0 Å². The molecular formula is C12H27NO. The predicted octanol–water partition coefficient (Wildman–Crippen LogP) is 2.71. The third-order valence-electron chi connectivity index (χ3n) is 2.73. The molecule has 0 aromatic heterocycles. The largest absolute Gasteiger partial charge is 0.390 e. The third-order valence-corrected chi connectivity index (χ3v) is 2.73. The Hall–Kier alpha value is -0.0800. The van der Waals surface area contributed by atoms with Crippen molar-refractivity contribution in [1.82, 2.24) is 5.32 Å². The van der Waals surface area contributed by atoms with Crippen LogP contribution in [0, 0.1) is 0 Å². The van der Waals surface area contributed by atoms with Gasteiger partial charge in [0.25, 0.3) is 0 Å². The molecular weight excluding hydrogens is 174 g/mol. The Morgan fingerprint density at radius 2 is 1.71 bits per heavy atom. The molecule has 0 amide bonds. The van der Waals surface area contributed by atoms with E-state index in [0.717, 1.165) is 25.8 Å². The van der Waals surface area contributed by atoms with Crippen molar-refractivity contribution in [1.29, 1.82) is 0 Å². The standard InChI is InChI=1S/C12H27NO/c1-4-5-6-7-8-9-12(2,14)10-11-13-3/h13-14H,4-11H2,1-3H3. The lowest BCUT2D eigenvalue weighted by Gasteiger charge is -2.22. The summed E-state index contributed by atoms with van der Waals surface area (Å²) in [6.07, 6.45) is 8.17. The molecule has 0 aliphatic heterocycles. The van der Waals surface area contributed by atoms with Crippen LogP contribution in [0.15, 0.2) is 0 Å². The van der Waals surface area contributed by atoms with Crippen LogP contribution >= 0.6 is 0 Å². The summed E-state index contributed by atoms with van der Waals surface area (Å²) in [5.41, 5.74) is -0.463. The molecule has 0 heterocycles. The first kappa shape index (κ1) is 13.9. The minimum atomic E-state index is -0.463. The average molecular weight is 201 g/mol. The molecule has 0 radical (unpaired) electrons. The fourth-order valence-electron chi connectivity index (χ4n) is 1.63. The van der Waals surface area contributed by atoms with Crippen LogP contribution in [0.5, 0.6) is 0 Å². The second kappa shape index (κ2) is 8.25. The summed E-state index contributed by atoms with van der Waals surface area (Å²) in [5.74, 6) is 0. The van der Waals surface area contributed by atoms with Crippen LogP contribution < -0.4 is 5.32 Å².